The molecule has 90 valence electrons. The molecule has 0 radical (unpaired) electrons. The van der Waals surface area contributed by atoms with Gasteiger partial charge in [-0.05, 0) is 24.5 Å². The van der Waals surface area contributed by atoms with Crippen LogP contribution in [0.5, 0.6) is 0 Å². The zero-order valence-electron chi connectivity index (χ0n) is 9.71. The van der Waals surface area contributed by atoms with Gasteiger partial charge in [0, 0.05) is 38.0 Å². The zero-order valence-corrected chi connectivity index (χ0v) is 9.71. The molecule has 1 aromatic rings. The quantitative estimate of drug-likeness (QED) is 0.769. The minimum Gasteiger partial charge on any atom is -0.368 e. The Hall–Kier alpha value is -1.42. The molecule has 0 aromatic carbocycles. The van der Waals surface area contributed by atoms with Crippen LogP contribution in [0.25, 0.3) is 0 Å². The summed E-state index contributed by atoms with van der Waals surface area (Å²) in [6.07, 6.45) is 5.38. The summed E-state index contributed by atoms with van der Waals surface area (Å²) in [4.78, 5) is 18.0. The summed E-state index contributed by atoms with van der Waals surface area (Å²) in [5, 5.41) is 0. The van der Waals surface area contributed by atoms with E-state index in [-0.39, 0.29) is 12.0 Å². The summed E-state index contributed by atoms with van der Waals surface area (Å²) in [6.45, 7) is 2.35. The molecular weight excluding hydrogens is 216 g/mol. The van der Waals surface area contributed by atoms with Gasteiger partial charge >= 0.3 is 0 Å². The zero-order chi connectivity index (χ0) is 11.7. The predicted molar refractivity (Wildman–Crippen MR) is 62.5 cm³/mol. The first-order valence-electron chi connectivity index (χ1n) is 6.15. The smallest absolute Gasteiger partial charge is 0.251 e. The highest BCUT2D eigenvalue weighted by Gasteiger charge is 2.36. The molecule has 4 nitrogen and oxygen atoms in total. The Balaban J connectivity index is 1.56. The maximum Gasteiger partial charge on any atom is 0.251 e. The van der Waals surface area contributed by atoms with Gasteiger partial charge < -0.3 is 9.64 Å². The molecule has 1 atom stereocenters. The molecule has 2 aliphatic heterocycles. The molecule has 17 heavy (non-hydrogen) atoms. The molecule has 3 heterocycles. The lowest BCUT2D eigenvalue weighted by Gasteiger charge is -2.40. The lowest BCUT2D eigenvalue weighted by atomic mass is 9.92. The summed E-state index contributed by atoms with van der Waals surface area (Å²) in [5.74, 6) is 0.622. The molecule has 0 unspecified atom stereocenters. The van der Waals surface area contributed by atoms with Crippen LogP contribution in [-0.2, 0) is 9.53 Å². The van der Waals surface area contributed by atoms with Gasteiger partial charge in [-0.3, -0.25) is 9.78 Å². The van der Waals surface area contributed by atoms with Crippen molar-refractivity contribution in [1.82, 2.24) is 9.88 Å². The Bertz CT molecular complexity index is 395. The van der Waals surface area contributed by atoms with Gasteiger partial charge in [0.2, 0.25) is 0 Å². The van der Waals surface area contributed by atoms with Gasteiger partial charge in [-0.15, -0.1) is 0 Å². The summed E-state index contributed by atoms with van der Waals surface area (Å²) >= 11 is 0. The van der Waals surface area contributed by atoms with E-state index in [1.807, 2.05) is 17.2 Å². The second kappa shape index (κ2) is 4.45. The van der Waals surface area contributed by atoms with E-state index in [4.69, 9.17) is 4.74 Å². The number of amides is 1. The summed E-state index contributed by atoms with van der Waals surface area (Å²) < 4.78 is 5.41. The second-order valence-corrected chi connectivity index (χ2v) is 4.73. The number of nitrogens with zero attached hydrogens (tertiary/aromatic N) is 2. The molecule has 0 spiro atoms. The molecule has 2 saturated heterocycles. The van der Waals surface area contributed by atoms with Gasteiger partial charge in [0.15, 0.2) is 0 Å². The predicted octanol–water partition coefficient (Wildman–Crippen LogP) is 1.19. The van der Waals surface area contributed by atoms with Crippen LogP contribution in [0.3, 0.4) is 0 Å². The number of likely N-dealkylation sites (tertiary alicyclic amines) is 1. The topological polar surface area (TPSA) is 42.4 Å². The first-order chi connectivity index (χ1) is 8.34. The monoisotopic (exact) mass is 232 g/mol. The molecular formula is C13H16N2O2. The summed E-state index contributed by atoms with van der Waals surface area (Å²) in [6, 6.07) is 4.02. The molecule has 2 fully saturated rings. The van der Waals surface area contributed by atoms with Gasteiger partial charge in [-0.25, -0.2) is 0 Å². The van der Waals surface area contributed by atoms with Crippen molar-refractivity contribution in [3.63, 3.8) is 0 Å². The highest BCUT2D eigenvalue weighted by molar-refractivity contribution is 5.82. The van der Waals surface area contributed by atoms with E-state index in [0.29, 0.717) is 5.92 Å². The van der Waals surface area contributed by atoms with Crippen molar-refractivity contribution in [2.75, 3.05) is 19.7 Å². The number of rotatable bonds is 2. The van der Waals surface area contributed by atoms with Gasteiger partial charge in [0.25, 0.3) is 5.91 Å². The van der Waals surface area contributed by atoms with Crippen LogP contribution in [0.15, 0.2) is 24.5 Å². The van der Waals surface area contributed by atoms with Crippen molar-refractivity contribution in [3.05, 3.63) is 30.1 Å². The molecule has 0 aliphatic carbocycles. The van der Waals surface area contributed by atoms with E-state index in [9.17, 15) is 4.79 Å². The van der Waals surface area contributed by atoms with Crippen LogP contribution < -0.4 is 0 Å². The maximum atomic E-state index is 12.0. The molecule has 1 amide bonds. The van der Waals surface area contributed by atoms with E-state index < -0.39 is 0 Å². The van der Waals surface area contributed by atoms with Crippen LogP contribution in [0.2, 0.25) is 0 Å². The number of aromatic nitrogens is 1. The molecule has 2 aliphatic rings. The Morgan fingerprint density at radius 3 is 3.00 bits per heavy atom. The Morgan fingerprint density at radius 1 is 1.47 bits per heavy atom. The average Bonchev–Trinajstić information content (AvgIpc) is 2.81. The third kappa shape index (κ3) is 2.05. The largest absolute Gasteiger partial charge is 0.368 e. The Labute approximate surface area is 101 Å². The standard InChI is InChI=1S/C13H16N2O2/c16-13(12-4-2-6-17-12)15-8-11(9-15)10-3-1-5-14-7-10/h1,3,5,7,11-12H,2,4,6,8-9H2/t12-/m0/s1. The molecule has 4 heteroatoms. The normalized spacial score (nSPS) is 24.7. The van der Waals surface area contributed by atoms with Crippen LogP contribution in [0.4, 0.5) is 0 Å². The van der Waals surface area contributed by atoms with Crippen molar-refractivity contribution in [3.8, 4) is 0 Å². The van der Waals surface area contributed by atoms with Crippen LogP contribution in [-0.4, -0.2) is 41.6 Å². The van der Waals surface area contributed by atoms with Crippen molar-refractivity contribution in [2.24, 2.45) is 0 Å². The molecule has 0 bridgehead atoms. The number of hydrogen-bond acceptors (Lipinski definition) is 3. The van der Waals surface area contributed by atoms with E-state index in [1.54, 1.807) is 6.20 Å². The molecule has 0 N–H and O–H groups in total. The number of carbonyl (C=O) groups is 1. The maximum absolute atomic E-state index is 12.0. The second-order valence-electron chi connectivity index (χ2n) is 4.73. The van der Waals surface area contributed by atoms with Gasteiger partial charge in [-0.2, -0.15) is 0 Å². The number of pyridine rings is 1. The van der Waals surface area contributed by atoms with E-state index in [1.165, 1.54) is 5.56 Å². The van der Waals surface area contributed by atoms with Crippen molar-refractivity contribution in [1.29, 1.82) is 0 Å². The SMILES string of the molecule is O=C([C@@H]1CCCO1)N1CC(c2cccnc2)C1. The van der Waals surface area contributed by atoms with Gasteiger partial charge in [0.1, 0.15) is 6.10 Å². The minimum absolute atomic E-state index is 0.169. The first kappa shape index (κ1) is 10.7. The average molecular weight is 232 g/mol. The summed E-state index contributed by atoms with van der Waals surface area (Å²) in [5.41, 5.74) is 1.23. The van der Waals surface area contributed by atoms with Crippen molar-refractivity contribution >= 4 is 5.91 Å². The molecule has 1 aromatic heterocycles. The van der Waals surface area contributed by atoms with Crippen LogP contribution in [0, 0.1) is 0 Å². The fourth-order valence-electron chi connectivity index (χ4n) is 2.46. The van der Waals surface area contributed by atoms with Crippen LogP contribution in [0.1, 0.15) is 24.3 Å². The van der Waals surface area contributed by atoms with Crippen molar-refractivity contribution in [2.45, 2.75) is 24.9 Å². The third-order valence-corrected chi connectivity index (χ3v) is 3.55. The van der Waals surface area contributed by atoms with E-state index in [0.717, 1.165) is 32.5 Å². The number of hydrogen-bond donors (Lipinski definition) is 0. The molecule has 0 saturated carbocycles. The van der Waals surface area contributed by atoms with E-state index >= 15 is 0 Å². The van der Waals surface area contributed by atoms with Gasteiger partial charge in [0.05, 0.1) is 0 Å². The first-order valence-corrected chi connectivity index (χ1v) is 6.15. The fourth-order valence-corrected chi connectivity index (χ4v) is 2.46. The van der Waals surface area contributed by atoms with Crippen LogP contribution >= 0.6 is 0 Å². The van der Waals surface area contributed by atoms with E-state index in [2.05, 4.69) is 11.1 Å². The fraction of sp³-hybridized carbons (Fsp3) is 0.538. The highest BCUT2D eigenvalue weighted by atomic mass is 16.5. The highest BCUT2D eigenvalue weighted by Crippen LogP contribution is 2.28. The van der Waals surface area contributed by atoms with Gasteiger partial charge in [-0.1, -0.05) is 6.07 Å². The Morgan fingerprint density at radius 2 is 2.35 bits per heavy atom. The van der Waals surface area contributed by atoms with Crippen molar-refractivity contribution < 1.29 is 9.53 Å². The summed E-state index contributed by atoms with van der Waals surface area (Å²) in [7, 11) is 0. The third-order valence-electron chi connectivity index (χ3n) is 3.55. The lowest BCUT2D eigenvalue weighted by molar-refractivity contribution is -0.145. The molecule has 3 rings (SSSR count). The number of ether oxygens (including phenoxy) is 1. The minimum atomic E-state index is -0.176. The Kier molecular flexibility index (Phi) is 2.81. The number of carbonyl (C=O) groups excluding carboxylic acids is 1. The lowest BCUT2D eigenvalue weighted by Crippen LogP contribution is -2.52.